The van der Waals surface area contributed by atoms with Crippen molar-refractivity contribution in [3.8, 4) is 0 Å². The molecule has 0 heterocycles. The molecule has 0 rings (SSSR count). The Balaban J connectivity index is 4.20. The number of thiocarbonyl (C=S) groups is 1. The van der Waals surface area contributed by atoms with E-state index in [1.807, 2.05) is 0 Å². The van der Waals surface area contributed by atoms with Crippen LogP contribution in [-0.4, -0.2) is 56.6 Å². The fraction of sp³-hybridized carbons (Fsp3) is 0.917. The monoisotopic (exact) mass is 262 g/mol. The maximum atomic E-state index is 5.40. The fourth-order valence-electron chi connectivity index (χ4n) is 1.51. The van der Waals surface area contributed by atoms with Crippen molar-refractivity contribution in [1.29, 1.82) is 0 Å². The van der Waals surface area contributed by atoms with Gasteiger partial charge in [-0.25, -0.2) is 0 Å². The second-order valence-electron chi connectivity index (χ2n) is 4.64. The third-order valence-corrected chi connectivity index (χ3v) is 2.60. The smallest absolute Gasteiger partial charge is 0.169 e. The lowest BCUT2D eigenvalue weighted by molar-refractivity contribution is 0.165. The summed E-state index contributed by atoms with van der Waals surface area (Å²) >= 11 is 5.40. The zero-order chi connectivity index (χ0) is 13.3. The molecular weight excluding hydrogens is 236 g/mol. The van der Waals surface area contributed by atoms with Gasteiger partial charge in [0.15, 0.2) is 5.11 Å². The molecular formula is C12H26N2O2S. The number of methoxy groups -OCH3 is 2. The average molecular weight is 262 g/mol. The number of rotatable bonds is 8. The van der Waals surface area contributed by atoms with Gasteiger partial charge in [0.25, 0.3) is 0 Å². The van der Waals surface area contributed by atoms with Crippen molar-refractivity contribution >= 4 is 17.3 Å². The second kappa shape index (κ2) is 9.62. The summed E-state index contributed by atoms with van der Waals surface area (Å²) in [4.78, 5) is 2.15. The van der Waals surface area contributed by atoms with Crippen LogP contribution in [0.4, 0.5) is 0 Å². The molecule has 0 saturated carbocycles. The number of ether oxygens (including phenoxy) is 2. The lowest BCUT2D eigenvalue weighted by Crippen LogP contribution is -2.47. The molecule has 0 aromatic heterocycles. The standard InChI is InChI=1S/C12H26N2O2S/c1-10(2)8-14(6-7-15-4)12(17)13-11(3)9-16-5/h10-11H,6-9H2,1-5H3,(H,13,17). The minimum absolute atomic E-state index is 0.227. The van der Waals surface area contributed by atoms with Crippen LogP contribution in [0, 0.1) is 5.92 Å². The van der Waals surface area contributed by atoms with E-state index in [1.54, 1.807) is 14.2 Å². The van der Waals surface area contributed by atoms with E-state index in [-0.39, 0.29) is 6.04 Å². The largest absolute Gasteiger partial charge is 0.383 e. The second-order valence-corrected chi connectivity index (χ2v) is 5.03. The van der Waals surface area contributed by atoms with Crippen LogP contribution < -0.4 is 5.32 Å². The van der Waals surface area contributed by atoms with E-state index in [9.17, 15) is 0 Å². The highest BCUT2D eigenvalue weighted by Gasteiger charge is 2.13. The summed E-state index contributed by atoms with van der Waals surface area (Å²) in [5.74, 6) is 0.573. The molecule has 1 N–H and O–H groups in total. The van der Waals surface area contributed by atoms with E-state index in [1.165, 1.54) is 0 Å². The molecule has 0 aliphatic carbocycles. The summed E-state index contributed by atoms with van der Waals surface area (Å²) in [5.41, 5.74) is 0. The van der Waals surface area contributed by atoms with Crippen molar-refractivity contribution in [2.75, 3.05) is 40.5 Å². The highest BCUT2D eigenvalue weighted by atomic mass is 32.1. The quantitative estimate of drug-likeness (QED) is 0.671. The summed E-state index contributed by atoms with van der Waals surface area (Å²) in [6, 6.07) is 0.227. The number of hydrogen-bond acceptors (Lipinski definition) is 3. The van der Waals surface area contributed by atoms with Crippen LogP contribution in [0.5, 0.6) is 0 Å². The van der Waals surface area contributed by atoms with E-state index in [4.69, 9.17) is 21.7 Å². The Morgan fingerprint density at radius 2 is 1.88 bits per heavy atom. The molecule has 0 amide bonds. The van der Waals surface area contributed by atoms with E-state index in [0.717, 1.165) is 18.2 Å². The zero-order valence-electron chi connectivity index (χ0n) is 11.7. The molecule has 0 spiro atoms. The zero-order valence-corrected chi connectivity index (χ0v) is 12.5. The van der Waals surface area contributed by atoms with Gasteiger partial charge in [-0.3, -0.25) is 0 Å². The first kappa shape index (κ1) is 16.6. The number of hydrogen-bond donors (Lipinski definition) is 1. The van der Waals surface area contributed by atoms with Crippen molar-refractivity contribution in [3.05, 3.63) is 0 Å². The van der Waals surface area contributed by atoms with Crippen molar-refractivity contribution in [3.63, 3.8) is 0 Å². The van der Waals surface area contributed by atoms with Crippen LogP contribution in [0.25, 0.3) is 0 Å². The Hall–Kier alpha value is -0.390. The highest BCUT2D eigenvalue weighted by Crippen LogP contribution is 2.00. The van der Waals surface area contributed by atoms with E-state index in [0.29, 0.717) is 19.1 Å². The van der Waals surface area contributed by atoms with Gasteiger partial charge in [-0.1, -0.05) is 13.8 Å². The van der Waals surface area contributed by atoms with Crippen LogP contribution in [-0.2, 0) is 9.47 Å². The molecule has 0 aromatic carbocycles. The fourth-order valence-corrected chi connectivity index (χ4v) is 1.88. The van der Waals surface area contributed by atoms with Gasteiger partial charge in [-0.2, -0.15) is 0 Å². The summed E-state index contributed by atoms with van der Waals surface area (Å²) < 4.78 is 10.2. The molecule has 0 radical (unpaired) electrons. The maximum Gasteiger partial charge on any atom is 0.169 e. The van der Waals surface area contributed by atoms with Gasteiger partial charge in [0.2, 0.25) is 0 Å². The summed E-state index contributed by atoms with van der Waals surface area (Å²) in [7, 11) is 3.40. The van der Waals surface area contributed by atoms with Gasteiger partial charge < -0.3 is 19.7 Å². The third-order valence-electron chi connectivity index (χ3n) is 2.22. The normalized spacial score (nSPS) is 12.6. The minimum Gasteiger partial charge on any atom is -0.383 e. The molecule has 17 heavy (non-hydrogen) atoms. The first-order chi connectivity index (χ1) is 8.01. The van der Waals surface area contributed by atoms with Gasteiger partial charge in [0, 0.05) is 33.4 Å². The molecule has 1 atom stereocenters. The molecule has 4 nitrogen and oxygen atoms in total. The van der Waals surface area contributed by atoms with E-state index < -0.39 is 0 Å². The van der Waals surface area contributed by atoms with E-state index >= 15 is 0 Å². The molecule has 102 valence electrons. The first-order valence-corrected chi connectivity index (χ1v) is 6.45. The molecule has 0 bridgehead atoms. The Morgan fingerprint density at radius 1 is 1.24 bits per heavy atom. The van der Waals surface area contributed by atoms with Gasteiger partial charge in [0.05, 0.1) is 13.2 Å². The van der Waals surface area contributed by atoms with Crippen molar-refractivity contribution < 1.29 is 9.47 Å². The number of nitrogens with one attached hydrogen (secondary N) is 1. The molecule has 0 saturated heterocycles. The molecule has 0 aliphatic heterocycles. The summed E-state index contributed by atoms with van der Waals surface area (Å²) in [6.07, 6.45) is 0. The Kier molecular flexibility index (Phi) is 9.40. The van der Waals surface area contributed by atoms with E-state index in [2.05, 4.69) is 31.0 Å². The lowest BCUT2D eigenvalue weighted by Gasteiger charge is -2.29. The van der Waals surface area contributed by atoms with Crippen LogP contribution in [0.15, 0.2) is 0 Å². The predicted octanol–water partition coefficient (Wildman–Crippen LogP) is 1.50. The first-order valence-electron chi connectivity index (χ1n) is 6.04. The van der Waals surface area contributed by atoms with Crippen LogP contribution in [0.1, 0.15) is 20.8 Å². The van der Waals surface area contributed by atoms with Gasteiger partial charge in [-0.15, -0.1) is 0 Å². The van der Waals surface area contributed by atoms with Gasteiger partial charge in [0.1, 0.15) is 0 Å². The van der Waals surface area contributed by atoms with Gasteiger partial charge in [-0.05, 0) is 25.1 Å². The SMILES string of the molecule is COCCN(CC(C)C)C(=S)NC(C)COC. The molecule has 5 heteroatoms. The van der Waals surface area contributed by atoms with Crippen LogP contribution >= 0.6 is 12.2 Å². The Morgan fingerprint density at radius 3 is 2.35 bits per heavy atom. The number of nitrogens with zero attached hydrogens (tertiary/aromatic N) is 1. The average Bonchev–Trinajstić information content (AvgIpc) is 2.23. The lowest BCUT2D eigenvalue weighted by atomic mass is 10.2. The highest BCUT2D eigenvalue weighted by molar-refractivity contribution is 7.80. The van der Waals surface area contributed by atoms with Crippen molar-refractivity contribution in [2.24, 2.45) is 5.92 Å². The van der Waals surface area contributed by atoms with Gasteiger partial charge >= 0.3 is 0 Å². The third kappa shape index (κ3) is 8.35. The Labute approximate surface area is 111 Å². The van der Waals surface area contributed by atoms with Crippen molar-refractivity contribution in [2.45, 2.75) is 26.8 Å². The van der Waals surface area contributed by atoms with Crippen LogP contribution in [0.2, 0.25) is 0 Å². The molecule has 0 aliphatic rings. The minimum atomic E-state index is 0.227. The summed E-state index contributed by atoms with van der Waals surface area (Å²) in [6.45, 7) is 9.52. The predicted molar refractivity (Wildman–Crippen MR) is 75.4 cm³/mol. The topological polar surface area (TPSA) is 33.7 Å². The molecule has 0 fully saturated rings. The Bertz CT molecular complexity index is 213. The maximum absolute atomic E-state index is 5.40. The molecule has 1 unspecified atom stereocenters. The van der Waals surface area contributed by atoms with Crippen LogP contribution in [0.3, 0.4) is 0 Å². The summed E-state index contributed by atoms with van der Waals surface area (Å²) in [5, 5.41) is 4.05. The molecule has 0 aromatic rings. The van der Waals surface area contributed by atoms with Crippen molar-refractivity contribution in [1.82, 2.24) is 10.2 Å².